The lowest BCUT2D eigenvalue weighted by atomic mass is 10.3. The van der Waals surface area contributed by atoms with E-state index in [4.69, 9.17) is 20.7 Å². The molecule has 10 heteroatoms. The van der Waals surface area contributed by atoms with Crippen LogP contribution in [0.15, 0.2) is 21.7 Å². The molecular weight excluding hydrogens is 308 g/mol. The highest BCUT2D eigenvalue weighted by atomic mass is 16.6. The standard InChI is InChI=1S/C13H16N4O6/c18-13-16(14-7-10-1-2-12(22-10)17(19)20)9-11(23-13)8-15-3-5-21-6-4-15/h1-2,7,11H,3-6,8-9H2/b14-7+/i8D2,9D2,11D. The summed E-state index contributed by atoms with van der Waals surface area (Å²) >= 11 is 0. The number of hydrogen-bond acceptors (Lipinski definition) is 8. The third-order valence-electron chi connectivity index (χ3n) is 2.93. The first kappa shape index (κ1) is 10.3. The highest BCUT2D eigenvalue weighted by Gasteiger charge is 2.32. The van der Waals surface area contributed by atoms with Gasteiger partial charge in [-0.2, -0.15) is 10.1 Å². The molecule has 0 bridgehead atoms. The zero-order valence-corrected chi connectivity index (χ0v) is 11.8. The van der Waals surface area contributed by atoms with Gasteiger partial charge in [-0.05, 0) is 6.07 Å². The van der Waals surface area contributed by atoms with Crippen molar-refractivity contribution >= 4 is 18.2 Å². The van der Waals surface area contributed by atoms with Crippen LogP contribution in [0.3, 0.4) is 0 Å². The highest BCUT2D eigenvalue weighted by Crippen LogP contribution is 2.16. The molecule has 23 heavy (non-hydrogen) atoms. The quantitative estimate of drug-likeness (QED) is 0.443. The summed E-state index contributed by atoms with van der Waals surface area (Å²) in [5, 5.41) is 14.4. The molecule has 1 unspecified atom stereocenters. The fourth-order valence-electron chi connectivity index (χ4n) is 1.86. The second-order valence-corrected chi connectivity index (χ2v) is 4.51. The summed E-state index contributed by atoms with van der Waals surface area (Å²) in [5.74, 6) is -0.721. The predicted molar refractivity (Wildman–Crippen MR) is 77.2 cm³/mol. The van der Waals surface area contributed by atoms with E-state index in [9.17, 15) is 14.9 Å². The first-order chi connectivity index (χ1) is 13.0. The average Bonchev–Trinajstić information content (AvgIpc) is 3.17. The number of nitro groups is 1. The van der Waals surface area contributed by atoms with E-state index in [0.717, 1.165) is 17.2 Å². The van der Waals surface area contributed by atoms with Crippen molar-refractivity contribution < 1.29 is 30.5 Å². The first-order valence-electron chi connectivity index (χ1n) is 9.15. The van der Waals surface area contributed by atoms with Crippen LogP contribution in [-0.4, -0.2) is 72.5 Å². The number of nitrogens with zero attached hydrogens (tertiary/aromatic N) is 4. The third-order valence-corrected chi connectivity index (χ3v) is 2.93. The van der Waals surface area contributed by atoms with Crippen molar-refractivity contribution in [3.8, 4) is 0 Å². The van der Waals surface area contributed by atoms with Crippen LogP contribution in [0.25, 0.3) is 0 Å². The Hall–Kier alpha value is -2.46. The van der Waals surface area contributed by atoms with Crippen molar-refractivity contribution in [2.75, 3.05) is 39.3 Å². The number of furan rings is 1. The molecule has 3 rings (SSSR count). The maximum atomic E-state index is 12.2. The van der Waals surface area contributed by atoms with E-state index >= 15 is 0 Å². The van der Waals surface area contributed by atoms with Crippen molar-refractivity contribution in [2.24, 2.45) is 5.10 Å². The predicted octanol–water partition coefficient (Wildman–Crippen LogP) is 0.675. The zero-order chi connectivity index (χ0) is 20.7. The fourth-order valence-corrected chi connectivity index (χ4v) is 1.86. The molecule has 3 heterocycles. The van der Waals surface area contributed by atoms with Gasteiger partial charge in [0.15, 0.2) is 5.76 Å². The summed E-state index contributed by atoms with van der Waals surface area (Å²) in [6, 6.07) is 2.23. The van der Waals surface area contributed by atoms with Crippen molar-refractivity contribution in [3.63, 3.8) is 0 Å². The molecule has 2 fully saturated rings. The molecule has 2 aliphatic rings. The molecule has 1 aromatic rings. The van der Waals surface area contributed by atoms with Gasteiger partial charge in [0.05, 0.1) is 36.1 Å². The molecule has 0 spiro atoms. The van der Waals surface area contributed by atoms with E-state index in [1.807, 2.05) is 0 Å². The molecule has 124 valence electrons. The summed E-state index contributed by atoms with van der Waals surface area (Å²) < 4.78 is 55.9. The Kier molecular flexibility index (Phi) is 3.04. The van der Waals surface area contributed by atoms with E-state index < -0.39 is 36.0 Å². The Morgan fingerprint density at radius 1 is 1.57 bits per heavy atom. The van der Waals surface area contributed by atoms with Crippen LogP contribution in [0.5, 0.6) is 0 Å². The number of amides is 1. The van der Waals surface area contributed by atoms with Gasteiger partial charge in [-0.25, -0.2) is 4.79 Å². The molecule has 1 atom stereocenters. The number of hydrazone groups is 1. The van der Waals surface area contributed by atoms with Gasteiger partial charge in [0.1, 0.15) is 11.0 Å². The lowest BCUT2D eigenvalue weighted by Gasteiger charge is -2.27. The monoisotopic (exact) mass is 329 g/mol. The number of hydrogen-bond donors (Lipinski definition) is 0. The Bertz CT molecular complexity index is 811. The molecule has 1 amide bonds. The Labute approximate surface area is 138 Å². The maximum absolute atomic E-state index is 12.2. The minimum atomic E-state index is -3.00. The van der Waals surface area contributed by atoms with E-state index in [1.165, 1.54) is 6.07 Å². The van der Waals surface area contributed by atoms with Crippen LogP contribution < -0.4 is 0 Å². The number of ether oxygens (including phenoxy) is 2. The molecular formula is C13H16N4O6. The van der Waals surface area contributed by atoms with Crippen LogP contribution in [0, 0.1) is 10.1 Å². The Balaban J connectivity index is 1.87. The van der Waals surface area contributed by atoms with Crippen LogP contribution >= 0.6 is 0 Å². The van der Waals surface area contributed by atoms with Gasteiger partial charge in [-0.1, -0.05) is 0 Å². The molecule has 2 aliphatic heterocycles. The van der Waals surface area contributed by atoms with Crippen molar-refractivity contribution in [2.45, 2.75) is 6.08 Å². The molecule has 0 aliphatic carbocycles. The smallest absolute Gasteiger partial charge is 0.433 e. The normalized spacial score (nSPS) is 31.9. The van der Waals surface area contributed by atoms with Gasteiger partial charge in [0, 0.05) is 22.3 Å². The third kappa shape index (κ3) is 3.85. The molecule has 2 saturated heterocycles. The fraction of sp³-hybridized carbons (Fsp3) is 0.538. The molecule has 1 aromatic heterocycles. The lowest BCUT2D eigenvalue weighted by molar-refractivity contribution is -0.402. The minimum Gasteiger partial charge on any atom is -0.441 e. The molecule has 0 radical (unpaired) electrons. The van der Waals surface area contributed by atoms with Gasteiger partial charge in [0.2, 0.25) is 0 Å². The second kappa shape index (κ2) is 6.75. The molecule has 0 aromatic carbocycles. The number of rotatable bonds is 5. The minimum absolute atomic E-state index is 0.0839. The van der Waals surface area contributed by atoms with Crippen LogP contribution in [0.1, 0.15) is 12.6 Å². The first-order valence-corrected chi connectivity index (χ1v) is 6.65. The number of carbonyl (C=O) groups is 1. The van der Waals surface area contributed by atoms with Crippen molar-refractivity contribution in [3.05, 3.63) is 28.0 Å². The summed E-state index contributed by atoms with van der Waals surface area (Å²) in [6.45, 7) is -5.15. The van der Waals surface area contributed by atoms with E-state index in [1.54, 1.807) is 0 Å². The number of morpholine rings is 1. The Morgan fingerprint density at radius 3 is 3.04 bits per heavy atom. The van der Waals surface area contributed by atoms with Gasteiger partial charge >= 0.3 is 12.0 Å². The summed E-state index contributed by atoms with van der Waals surface area (Å²) in [7, 11) is 0. The van der Waals surface area contributed by atoms with E-state index in [-0.39, 0.29) is 37.1 Å². The Morgan fingerprint density at radius 2 is 2.35 bits per heavy atom. The summed E-state index contributed by atoms with van der Waals surface area (Å²) in [6.07, 6.45) is -3.50. The second-order valence-electron chi connectivity index (χ2n) is 4.51. The molecule has 0 saturated carbocycles. The van der Waals surface area contributed by atoms with E-state index in [2.05, 4.69) is 5.10 Å². The van der Waals surface area contributed by atoms with E-state index in [0.29, 0.717) is 0 Å². The highest BCUT2D eigenvalue weighted by molar-refractivity contribution is 5.78. The topological polar surface area (TPSA) is 111 Å². The largest absolute Gasteiger partial charge is 0.441 e. The molecule has 0 N–H and O–H groups in total. The number of cyclic esters (lactones) is 1. The zero-order valence-electron chi connectivity index (χ0n) is 16.8. The average molecular weight is 329 g/mol. The van der Waals surface area contributed by atoms with Gasteiger partial charge in [-0.15, -0.1) is 0 Å². The van der Waals surface area contributed by atoms with Crippen LogP contribution in [-0.2, 0) is 9.47 Å². The van der Waals surface area contributed by atoms with Crippen LogP contribution in [0.4, 0.5) is 10.7 Å². The summed E-state index contributed by atoms with van der Waals surface area (Å²) in [4.78, 5) is 23.1. The SMILES string of the molecule is [2H]C([2H])(N1CCOCC1)C1([2H])OC(=O)N(/N=C/c2ccc([N+](=O)[O-])o2)C1([2H])[2H]. The molecule has 10 nitrogen and oxygen atoms in total. The van der Waals surface area contributed by atoms with Crippen LogP contribution in [0.2, 0.25) is 0 Å². The lowest BCUT2D eigenvalue weighted by Crippen LogP contribution is -2.41. The van der Waals surface area contributed by atoms with Gasteiger partial charge in [-0.3, -0.25) is 15.0 Å². The number of carbonyl (C=O) groups excluding carboxylic acids is 1. The maximum Gasteiger partial charge on any atom is 0.433 e. The van der Waals surface area contributed by atoms with Crippen molar-refractivity contribution in [1.82, 2.24) is 9.91 Å². The van der Waals surface area contributed by atoms with Gasteiger partial charge in [0.25, 0.3) is 0 Å². The van der Waals surface area contributed by atoms with Crippen molar-refractivity contribution in [1.29, 1.82) is 0 Å². The summed E-state index contributed by atoms with van der Waals surface area (Å²) in [5.41, 5.74) is 0. The van der Waals surface area contributed by atoms with Gasteiger partial charge < -0.3 is 13.9 Å².